The first-order valence-electron chi connectivity index (χ1n) is 10.6. The van der Waals surface area contributed by atoms with Gasteiger partial charge in [-0.2, -0.15) is 0 Å². The van der Waals surface area contributed by atoms with Crippen molar-refractivity contribution in [1.29, 1.82) is 0 Å². The average molecular weight is 393 g/mol. The monoisotopic (exact) mass is 392 g/mol. The third-order valence-electron chi connectivity index (χ3n) is 6.57. The normalized spacial score (nSPS) is 22.2. The van der Waals surface area contributed by atoms with Gasteiger partial charge in [0.05, 0.1) is 10.9 Å². The van der Waals surface area contributed by atoms with Crippen molar-refractivity contribution in [3.63, 3.8) is 0 Å². The molecular formula is C24H28N2OS. The number of rotatable bonds is 3. The van der Waals surface area contributed by atoms with E-state index in [1.807, 2.05) is 12.1 Å². The standard InChI is InChI=1S/C24H28N2OS/c1-17-11-13-19(14-12-17)28(27)26-16-15-21-20-9-5-6-10-22(20)25-23(21)24(26)18-7-3-2-4-8-18/h5-6,9-14,18,24-25H,2-4,7-8,15-16H2,1H3/t24-,28?/m0/s1. The van der Waals surface area contributed by atoms with Gasteiger partial charge < -0.3 is 4.98 Å². The van der Waals surface area contributed by atoms with Gasteiger partial charge in [0, 0.05) is 23.1 Å². The Balaban J connectivity index is 1.58. The third kappa shape index (κ3) is 3.13. The summed E-state index contributed by atoms with van der Waals surface area (Å²) in [5.41, 5.74) is 5.19. The Morgan fingerprint density at radius 1 is 1.00 bits per heavy atom. The number of H-pyrrole nitrogens is 1. The summed E-state index contributed by atoms with van der Waals surface area (Å²) in [6.45, 7) is 2.94. The lowest BCUT2D eigenvalue weighted by Gasteiger charge is -2.40. The highest BCUT2D eigenvalue weighted by Gasteiger charge is 2.39. The topological polar surface area (TPSA) is 36.1 Å². The van der Waals surface area contributed by atoms with Crippen LogP contribution in [-0.4, -0.2) is 20.0 Å². The maximum Gasteiger partial charge on any atom is 0.128 e. The molecule has 1 fully saturated rings. The fourth-order valence-electron chi connectivity index (χ4n) is 5.14. The van der Waals surface area contributed by atoms with Gasteiger partial charge in [-0.15, -0.1) is 0 Å². The minimum absolute atomic E-state index is 0.221. The molecule has 1 aliphatic carbocycles. The Bertz CT molecular complexity index is 1000. The molecule has 3 aromatic rings. The predicted molar refractivity (Wildman–Crippen MR) is 116 cm³/mol. The van der Waals surface area contributed by atoms with Gasteiger partial charge in [0.1, 0.15) is 11.0 Å². The lowest BCUT2D eigenvalue weighted by Crippen LogP contribution is -2.41. The predicted octanol–water partition coefficient (Wildman–Crippen LogP) is 5.68. The Labute approximate surface area is 169 Å². The van der Waals surface area contributed by atoms with E-state index >= 15 is 0 Å². The van der Waals surface area contributed by atoms with Gasteiger partial charge in [0.2, 0.25) is 0 Å². The summed E-state index contributed by atoms with van der Waals surface area (Å²) in [5.74, 6) is 0.579. The number of benzene rings is 2. The Morgan fingerprint density at radius 3 is 2.54 bits per heavy atom. The van der Waals surface area contributed by atoms with Crippen molar-refractivity contribution in [3.8, 4) is 0 Å². The Morgan fingerprint density at radius 2 is 1.75 bits per heavy atom. The molecule has 1 unspecified atom stereocenters. The van der Waals surface area contributed by atoms with Gasteiger partial charge in [-0.05, 0) is 55.9 Å². The summed E-state index contributed by atoms with van der Waals surface area (Å²) in [7, 11) is -1.13. The quantitative estimate of drug-likeness (QED) is 0.612. The highest BCUT2D eigenvalue weighted by molar-refractivity contribution is 7.82. The maximum atomic E-state index is 13.6. The van der Waals surface area contributed by atoms with Crippen molar-refractivity contribution in [2.45, 2.75) is 56.4 Å². The first-order chi connectivity index (χ1) is 13.7. The summed E-state index contributed by atoms with van der Waals surface area (Å²) in [4.78, 5) is 4.65. The highest BCUT2D eigenvalue weighted by Crippen LogP contribution is 2.44. The maximum absolute atomic E-state index is 13.6. The van der Waals surface area contributed by atoms with Crippen molar-refractivity contribution >= 4 is 21.9 Å². The van der Waals surface area contributed by atoms with Gasteiger partial charge in [0.25, 0.3) is 0 Å². The number of nitrogens with one attached hydrogen (secondary N) is 1. The lowest BCUT2D eigenvalue weighted by molar-refractivity contribution is 0.186. The van der Waals surface area contributed by atoms with E-state index in [-0.39, 0.29) is 6.04 Å². The fourth-order valence-corrected chi connectivity index (χ4v) is 6.53. The molecule has 0 bridgehead atoms. The van der Waals surface area contributed by atoms with Crippen LogP contribution in [0.15, 0.2) is 53.4 Å². The largest absolute Gasteiger partial charge is 0.357 e. The summed E-state index contributed by atoms with van der Waals surface area (Å²) in [5, 5.41) is 1.35. The molecular weight excluding hydrogens is 364 g/mol. The second-order valence-corrected chi connectivity index (χ2v) is 9.80. The van der Waals surface area contributed by atoms with Crippen LogP contribution < -0.4 is 0 Å². The first kappa shape index (κ1) is 18.1. The SMILES string of the molecule is Cc1ccc(S(=O)N2CCc3c([nH]c4ccccc34)[C@@H]2C2CCCCC2)cc1. The van der Waals surface area contributed by atoms with Crippen LogP contribution in [0.25, 0.3) is 10.9 Å². The molecule has 2 aliphatic rings. The number of para-hydroxylation sites is 1. The van der Waals surface area contributed by atoms with E-state index in [0.29, 0.717) is 5.92 Å². The van der Waals surface area contributed by atoms with Gasteiger partial charge >= 0.3 is 0 Å². The van der Waals surface area contributed by atoms with Crippen molar-refractivity contribution in [2.24, 2.45) is 5.92 Å². The molecule has 3 nitrogen and oxygen atoms in total. The number of aromatic nitrogens is 1. The molecule has 5 rings (SSSR count). The van der Waals surface area contributed by atoms with Crippen LogP contribution in [0.5, 0.6) is 0 Å². The zero-order valence-electron chi connectivity index (χ0n) is 16.5. The van der Waals surface area contributed by atoms with Crippen molar-refractivity contribution < 1.29 is 4.21 Å². The van der Waals surface area contributed by atoms with E-state index in [1.165, 1.54) is 59.8 Å². The smallest absolute Gasteiger partial charge is 0.128 e. The first-order valence-corrected chi connectivity index (χ1v) is 11.7. The minimum Gasteiger partial charge on any atom is -0.357 e. The Kier molecular flexibility index (Phi) is 4.85. The van der Waals surface area contributed by atoms with Crippen LogP contribution in [0.3, 0.4) is 0 Å². The zero-order chi connectivity index (χ0) is 19.1. The molecule has 146 valence electrons. The fraction of sp³-hybridized carbons (Fsp3) is 0.417. The van der Waals surface area contributed by atoms with Crippen LogP contribution >= 0.6 is 0 Å². The molecule has 1 aliphatic heterocycles. The number of aromatic amines is 1. The number of hydrogen-bond acceptors (Lipinski definition) is 1. The number of aryl methyl sites for hydroxylation is 1. The van der Waals surface area contributed by atoms with E-state index < -0.39 is 11.0 Å². The number of hydrogen-bond donors (Lipinski definition) is 1. The molecule has 0 amide bonds. The van der Waals surface area contributed by atoms with Crippen molar-refractivity contribution in [1.82, 2.24) is 9.29 Å². The van der Waals surface area contributed by atoms with Crippen LogP contribution in [-0.2, 0) is 17.4 Å². The van der Waals surface area contributed by atoms with Gasteiger partial charge in [0.15, 0.2) is 0 Å². The summed E-state index contributed by atoms with van der Waals surface area (Å²) < 4.78 is 15.9. The lowest BCUT2D eigenvalue weighted by atomic mass is 9.80. The molecule has 1 saturated carbocycles. The molecule has 1 N–H and O–H groups in total. The second-order valence-electron chi connectivity index (χ2n) is 8.36. The number of nitrogens with zero attached hydrogens (tertiary/aromatic N) is 1. The highest BCUT2D eigenvalue weighted by atomic mass is 32.2. The molecule has 2 aromatic carbocycles. The van der Waals surface area contributed by atoms with Crippen LogP contribution in [0.2, 0.25) is 0 Å². The molecule has 0 radical (unpaired) electrons. The van der Waals surface area contributed by atoms with Gasteiger partial charge in [-0.25, -0.2) is 8.51 Å². The summed E-state index contributed by atoms with van der Waals surface area (Å²) in [6.07, 6.45) is 7.36. The van der Waals surface area contributed by atoms with E-state index in [2.05, 4.69) is 52.6 Å². The minimum atomic E-state index is -1.13. The third-order valence-corrected chi connectivity index (χ3v) is 8.08. The van der Waals surface area contributed by atoms with Crippen molar-refractivity contribution in [3.05, 3.63) is 65.4 Å². The van der Waals surface area contributed by atoms with E-state index in [9.17, 15) is 4.21 Å². The molecule has 28 heavy (non-hydrogen) atoms. The average Bonchev–Trinajstić information content (AvgIpc) is 3.12. The van der Waals surface area contributed by atoms with E-state index in [4.69, 9.17) is 0 Å². The van der Waals surface area contributed by atoms with E-state index in [1.54, 1.807) is 0 Å². The summed E-state index contributed by atoms with van der Waals surface area (Å²) >= 11 is 0. The van der Waals surface area contributed by atoms with Crippen molar-refractivity contribution in [2.75, 3.05) is 6.54 Å². The van der Waals surface area contributed by atoms with Gasteiger partial charge in [-0.3, -0.25) is 0 Å². The van der Waals surface area contributed by atoms with E-state index in [0.717, 1.165) is 17.9 Å². The molecule has 2 atom stereocenters. The van der Waals surface area contributed by atoms with Crippen LogP contribution in [0.4, 0.5) is 0 Å². The molecule has 0 spiro atoms. The molecule has 2 heterocycles. The van der Waals surface area contributed by atoms with Crippen LogP contribution in [0.1, 0.15) is 55.0 Å². The van der Waals surface area contributed by atoms with Gasteiger partial charge in [-0.1, -0.05) is 55.2 Å². The molecule has 4 heteroatoms. The van der Waals surface area contributed by atoms with Crippen LogP contribution in [0, 0.1) is 12.8 Å². The molecule has 1 aromatic heterocycles. The summed E-state index contributed by atoms with van der Waals surface area (Å²) in [6, 6.07) is 17.1. The number of fused-ring (bicyclic) bond motifs is 3. The Hall–Kier alpha value is -1.91. The second kappa shape index (κ2) is 7.49. The molecule has 0 saturated heterocycles. The zero-order valence-corrected chi connectivity index (χ0v) is 17.3.